The Hall–Kier alpha value is -2.12. The first kappa shape index (κ1) is 18.9. The number of aliphatic carboxylic acids is 1. The van der Waals surface area contributed by atoms with Crippen molar-refractivity contribution in [3.8, 4) is 0 Å². The van der Waals surface area contributed by atoms with E-state index in [0.717, 1.165) is 0 Å². The van der Waals surface area contributed by atoms with Crippen LogP contribution < -0.4 is 10.6 Å². The minimum atomic E-state index is -1.01. The predicted molar refractivity (Wildman–Crippen MR) is 75.5 cm³/mol. The quantitative estimate of drug-likeness (QED) is 0.620. The van der Waals surface area contributed by atoms with Crippen LogP contribution in [0.1, 0.15) is 33.6 Å². The Morgan fingerprint density at radius 3 is 2.19 bits per heavy atom. The number of imide groups is 1. The summed E-state index contributed by atoms with van der Waals surface area (Å²) in [4.78, 5) is 46.6. The minimum Gasteiger partial charge on any atom is -0.481 e. The van der Waals surface area contributed by atoms with Gasteiger partial charge in [0.1, 0.15) is 0 Å². The van der Waals surface area contributed by atoms with Crippen molar-refractivity contribution in [3.63, 3.8) is 0 Å². The smallest absolute Gasteiger partial charge is 0.321 e. The summed E-state index contributed by atoms with van der Waals surface area (Å²) in [6, 6.07) is -0.774. The molecule has 8 heteroatoms. The zero-order valence-corrected chi connectivity index (χ0v) is 12.9. The van der Waals surface area contributed by atoms with Crippen LogP contribution in [0.25, 0.3) is 0 Å². The zero-order chi connectivity index (χ0) is 16.6. The first-order valence-corrected chi connectivity index (χ1v) is 6.61. The van der Waals surface area contributed by atoms with Gasteiger partial charge >= 0.3 is 12.0 Å². The fraction of sp³-hybridized carbons (Fsp3) is 0.692. The largest absolute Gasteiger partial charge is 0.481 e. The molecule has 0 unspecified atom stereocenters. The molecule has 0 saturated heterocycles. The average molecular weight is 301 g/mol. The number of amides is 4. The molecule has 4 amide bonds. The van der Waals surface area contributed by atoms with E-state index in [9.17, 15) is 19.2 Å². The van der Waals surface area contributed by atoms with Gasteiger partial charge in [-0.1, -0.05) is 13.8 Å². The predicted octanol–water partition coefficient (Wildman–Crippen LogP) is 0.182. The Kier molecular flexibility index (Phi) is 7.40. The molecule has 0 atom stereocenters. The van der Waals surface area contributed by atoms with Crippen LogP contribution in [0.4, 0.5) is 4.79 Å². The lowest BCUT2D eigenvalue weighted by Gasteiger charge is -2.21. The van der Waals surface area contributed by atoms with E-state index in [1.165, 1.54) is 4.90 Å². The number of carbonyl (C=O) groups excluding carboxylic acids is 3. The second-order valence-corrected chi connectivity index (χ2v) is 5.55. The highest BCUT2D eigenvalue weighted by molar-refractivity contribution is 5.96. The lowest BCUT2D eigenvalue weighted by Crippen LogP contribution is -2.45. The molecule has 0 aromatic heterocycles. The maximum absolute atomic E-state index is 11.6. The van der Waals surface area contributed by atoms with Crippen LogP contribution >= 0.6 is 0 Å². The molecule has 0 fully saturated rings. The summed E-state index contributed by atoms with van der Waals surface area (Å²) in [6.07, 6.45) is -0.280. The van der Waals surface area contributed by atoms with E-state index in [4.69, 9.17) is 5.11 Å². The third-order valence-electron chi connectivity index (χ3n) is 2.82. The molecule has 0 aliphatic heterocycles. The monoisotopic (exact) mass is 301 g/mol. The molecule has 0 heterocycles. The summed E-state index contributed by atoms with van der Waals surface area (Å²) in [5, 5.41) is 13.1. The lowest BCUT2D eigenvalue weighted by atomic mass is 9.85. The van der Waals surface area contributed by atoms with Crippen LogP contribution in [-0.4, -0.2) is 54.0 Å². The van der Waals surface area contributed by atoms with Gasteiger partial charge in [-0.15, -0.1) is 0 Å². The molecule has 8 nitrogen and oxygen atoms in total. The number of nitrogens with zero attached hydrogens (tertiary/aromatic N) is 1. The Morgan fingerprint density at radius 2 is 1.71 bits per heavy atom. The molecule has 0 aliphatic rings. The first-order valence-electron chi connectivity index (χ1n) is 6.61. The third kappa shape index (κ3) is 8.61. The Morgan fingerprint density at radius 1 is 1.14 bits per heavy atom. The summed E-state index contributed by atoms with van der Waals surface area (Å²) >= 11 is 0. The lowest BCUT2D eigenvalue weighted by molar-refractivity contribution is -0.139. The molecule has 0 spiro atoms. The van der Waals surface area contributed by atoms with Gasteiger partial charge in [0.15, 0.2) is 0 Å². The van der Waals surface area contributed by atoms with Gasteiger partial charge in [0.2, 0.25) is 11.8 Å². The van der Waals surface area contributed by atoms with Crippen LogP contribution in [-0.2, 0) is 14.4 Å². The Labute approximate surface area is 123 Å². The van der Waals surface area contributed by atoms with Gasteiger partial charge in [0, 0.05) is 20.0 Å². The number of carbonyl (C=O) groups is 4. The van der Waals surface area contributed by atoms with Crippen molar-refractivity contribution in [1.82, 2.24) is 15.5 Å². The van der Waals surface area contributed by atoms with E-state index in [0.29, 0.717) is 6.54 Å². The molecule has 3 N–H and O–H groups in total. The number of urea groups is 1. The molecule has 120 valence electrons. The summed E-state index contributed by atoms with van der Waals surface area (Å²) < 4.78 is 0. The van der Waals surface area contributed by atoms with Crippen molar-refractivity contribution >= 4 is 23.8 Å². The second-order valence-electron chi connectivity index (χ2n) is 5.55. The van der Waals surface area contributed by atoms with E-state index in [1.54, 1.807) is 27.8 Å². The van der Waals surface area contributed by atoms with Crippen molar-refractivity contribution in [1.29, 1.82) is 0 Å². The topological polar surface area (TPSA) is 116 Å². The Balaban J connectivity index is 4.19. The van der Waals surface area contributed by atoms with Crippen molar-refractivity contribution in [2.24, 2.45) is 5.41 Å². The summed E-state index contributed by atoms with van der Waals surface area (Å²) in [7, 11) is 1.60. The normalized spacial score (nSPS) is 10.7. The van der Waals surface area contributed by atoms with Gasteiger partial charge in [-0.05, 0) is 12.3 Å². The number of carboxylic acids is 1. The molecule has 0 aliphatic carbocycles. The number of rotatable bonds is 7. The fourth-order valence-electron chi connectivity index (χ4n) is 1.59. The zero-order valence-electron chi connectivity index (χ0n) is 12.9. The highest BCUT2D eigenvalue weighted by atomic mass is 16.4. The molecule has 0 saturated carbocycles. The van der Waals surface area contributed by atoms with Gasteiger partial charge in [-0.2, -0.15) is 0 Å². The van der Waals surface area contributed by atoms with Gasteiger partial charge in [0.05, 0.1) is 13.0 Å². The van der Waals surface area contributed by atoms with Crippen LogP contribution in [0.5, 0.6) is 0 Å². The number of carboxylic acid groups (broad SMARTS) is 1. The molecule has 0 aromatic rings. The molecule has 0 rings (SSSR count). The maximum Gasteiger partial charge on any atom is 0.321 e. The van der Waals surface area contributed by atoms with E-state index in [1.807, 2.05) is 0 Å². The Bertz CT molecular complexity index is 420. The standard InChI is InChI=1S/C13H23N3O5/c1-5-16(4)10(18)8-14-12(21)15-9(17)6-13(2,3)7-11(19)20/h5-8H2,1-4H3,(H,19,20)(H2,14,15,17,21). The van der Waals surface area contributed by atoms with Gasteiger partial charge in [0.25, 0.3) is 0 Å². The third-order valence-corrected chi connectivity index (χ3v) is 2.82. The SMILES string of the molecule is CCN(C)C(=O)CNC(=O)NC(=O)CC(C)(C)CC(=O)O. The van der Waals surface area contributed by atoms with E-state index < -0.39 is 23.3 Å². The van der Waals surface area contributed by atoms with Crippen molar-refractivity contribution in [2.45, 2.75) is 33.6 Å². The highest BCUT2D eigenvalue weighted by Gasteiger charge is 2.26. The molecule has 21 heavy (non-hydrogen) atoms. The van der Waals surface area contributed by atoms with Crippen LogP contribution in [0.15, 0.2) is 0 Å². The number of nitrogens with one attached hydrogen (secondary N) is 2. The van der Waals surface area contributed by atoms with E-state index in [2.05, 4.69) is 10.6 Å². The summed E-state index contributed by atoms with van der Waals surface area (Å²) in [6.45, 7) is 5.36. The van der Waals surface area contributed by atoms with Gasteiger partial charge < -0.3 is 15.3 Å². The summed E-state index contributed by atoms with van der Waals surface area (Å²) in [5.41, 5.74) is -0.756. The number of likely N-dealkylation sites (N-methyl/N-ethyl adjacent to an activating group) is 1. The maximum atomic E-state index is 11.6. The summed E-state index contributed by atoms with van der Waals surface area (Å²) in [5.74, 6) is -1.87. The highest BCUT2D eigenvalue weighted by Crippen LogP contribution is 2.24. The van der Waals surface area contributed by atoms with Crippen LogP contribution in [0.2, 0.25) is 0 Å². The number of hydrogen-bond acceptors (Lipinski definition) is 4. The van der Waals surface area contributed by atoms with E-state index in [-0.39, 0.29) is 25.3 Å². The minimum absolute atomic E-state index is 0.102. The molecular formula is C13H23N3O5. The first-order chi connectivity index (χ1) is 9.57. The van der Waals surface area contributed by atoms with Crippen molar-refractivity contribution in [3.05, 3.63) is 0 Å². The molecule has 0 radical (unpaired) electrons. The molecule has 0 bridgehead atoms. The average Bonchev–Trinajstić information content (AvgIpc) is 2.32. The molecule has 0 aromatic carbocycles. The van der Waals surface area contributed by atoms with Crippen LogP contribution in [0, 0.1) is 5.41 Å². The van der Waals surface area contributed by atoms with Crippen molar-refractivity contribution < 1.29 is 24.3 Å². The van der Waals surface area contributed by atoms with Crippen molar-refractivity contribution in [2.75, 3.05) is 20.1 Å². The van der Waals surface area contributed by atoms with E-state index >= 15 is 0 Å². The van der Waals surface area contributed by atoms with Gasteiger partial charge in [-0.25, -0.2) is 4.79 Å². The van der Waals surface area contributed by atoms with Crippen LogP contribution in [0.3, 0.4) is 0 Å². The van der Waals surface area contributed by atoms with Gasteiger partial charge in [-0.3, -0.25) is 19.7 Å². The fourth-order valence-corrected chi connectivity index (χ4v) is 1.59. The second kappa shape index (κ2) is 8.23. The molecular weight excluding hydrogens is 278 g/mol. The number of hydrogen-bond donors (Lipinski definition) is 3.